The van der Waals surface area contributed by atoms with Crippen molar-refractivity contribution < 1.29 is 14.6 Å². The molecule has 3 N–H and O–H groups in total. The van der Waals surface area contributed by atoms with Gasteiger partial charge in [0.05, 0.1) is 12.3 Å². The number of benzene rings is 1. The molecular formula is C10H14N2O3. The number of carbonyl (C=O) groups is 1. The number of carbonyl (C=O) groups excluding carboxylic acids is 1. The first-order chi connectivity index (χ1) is 7.17. The number of anilines is 2. The molecule has 0 aromatic heterocycles. The minimum absolute atomic E-state index is 0.00472. The van der Waals surface area contributed by atoms with Crippen LogP contribution in [0.15, 0.2) is 18.2 Å². The third kappa shape index (κ3) is 3.05. The van der Waals surface area contributed by atoms with Gasteiger partial charge < -0.3 is 15.2 Å². The summed E-state index contributed by atoms with van der Waals surface area (Å²) in [5.74, 6) is -0.00472. The standard InChI is InChI=1S/C10H14N2O3/c1-3-15-10(14)12-8-5-4-7(11-2)6-9(8)13/h4-6,11,13H,3H2,1-2H3,(H,12,14). The van der Waals surface area contributed by atoms with E-state index in [-0.39, 0.29) is 5.75 Å². The highest BCUT2D eigenvalue weighted by Crippen LogP contribution is 2.26. The van der Waals surface area contributed by atoms with Gasteiger partial charge in [0, 0.05) is 18.8 Å². The normalized spacial score (nSPS) is 9.47. The van der Waals surface area contributed by atoms with E-state index < -0.39 is 6.09 Å². The van der Waals surface area contributed by atoms with Crippen LogP contribution in [0.2, 0.25) is 0 Å². The Bertz CT molecular complexity index is 353. The molecule has 0 fully saturated rings. The van der Waals surface area contributed by atoms with Crippen LogP contribution in [-0.4, -0.2) is 24.9 Å². The van der Waals surface area contributed by atoms with Crippen LogP contribution in [0.1, 0.15) is 6.92 Å². The Morgan fingerprint density at radius 3 is 2.80 bits per heavy atom. The minimum Gasteiger partial charge on any atom is -0.506 e. The Kier molecular flexibility index (Phi) is 3.79. The van der Waals surface area contributed by atoms with E-state index in [0.717, 1.165) is 5.69 Å². The van der Waals surface area contributed by atoms with E-state index in [4.69, 9.17) is 0 Å². The maximum atomic E-state index is 11.1. The highest BCUT2D eigenvalue weighted by atomic mass is 16.5. The van der Waals surface area contributed by atoms with Gasteiger partial charge in [-0.3, -0.25) is 5.32 Å². The van der Waals surface area contributed by atoms with Gasteiger partial charge >= 0.3 is 6.09 Å². The van der Waals surface area contributed by atoms with Crippen LogP contribution in [0.5, 0.6) is 5.75 Å². The lowest BCUT2D eigenvalue weighted by molar-refractivity contribution is 0.168. The Hall–Kier alpha value is -1.91. The summed E-state index contributed by atoms with van der Waals surface area (Å²) in [5.41, 5.74) is 1.09. The molecule has 5 nitrogen and oxygen atoms in total. The zero-order valence-electron chi connectivity index (χ0n) is 8.70. The van der Waals surface area contributed by atoms with Crippen molar-refractivity contribution in [1.82, 2.24) is 0 Å². The molecule has 0 heterocycles. The summed E-state index contributed by atoms with van der Waals surface area (Å²) in [7, 11) is 1.74. The van der Waals surface area contributed by atoms with E-state index in [1.54, 1.807) is 26.1 Å². The molecule has 0 aliphatic carbocycles. The van der Waals surface area contributed by atoms with Crippen LogP contribution in [0.4, 0.5) is 16.2 Å². The van der Waals surface area contributed by atoms with Crippen molar-refractivity contribution in [2.75, 3.05) is 24.3 Å². The number of hydrogen-bond donors (Lipinski definition) is 3. The maximum Gasteiger partial charge on any atom is 0.411 e. The Morgan fingerprint density at radius 2 is 2.27 bits per heavy atom. The van der Waals surface area contributed by atoms with Gasteiger partial charge in [-0.1, -0.05) is 0 Å². The van der Waals surface area contributed by atoms with Gasteiger partial charge in [0.25, 0.3) is 0 Å². The van der Waals surface area contributed by atoms with Crippen LogP contribution >= 0.6 is 0 Å². The number of phenolic OH excluding ortho intramolecular Hbond substituents is 1. The molecule has 1 aromatic carbocycles. The molecule has 0 saturated carbocycles. The zero-order chi connectivity index (χ0) is 11.3. The number of ether oxygens (including phenoxy) is 1. The number of hydrogen-bond acceptors (Lipinski definition) is 4. The summed E-state index contributed by atoms with van der Waals surface area (Å²) in [6.45, 7) is 2.00. The van der Waals surface area contributed by atoms with Gasteiger partial charge in [-0.05, 0) is 19.1 Å². The van der Waals surface area contributed by atoms with Crippen molar-refractivity contribution in [2.24, 2.45) is 0 Å². The van der Waals surface area contributed by atoms with E-state index in [1.807, 2.05) is 0 Å². The Labute approximate surface area is 88.1 Å². The minimum atomic E-state index is -0.579. The number of rotatable bonds is 3. The monoisotopic (exact) mass is 210 g/mol. The summed E-state index contributed by atoms with van der Waals surface area (Å²) >= 11 is 0. The molecule has 1 aromatic rings. The fraction of sp³-hybridized carbons (Fsp3) is 0.300. The van der Waals surface area contributed by atoms with Crippen molar-refractivity contribution >= 4 is 17.5 Å². The molecule has 0 aliphatic heterocycles. The molecular weight excluding hydrogens is 196 g/mol. The molecule has 0 spiro atoms. The van der Waals surface area contributed by atoms with Gasteiger partial charge in [0.2, 0.25) is 0 Å². The van der Waals surface area contributed by atoms with E-state index in [9.17, 15) is 9.90 Å². The van der Waals surface area contributed by atoms with E-state index in [0.29, 0.717) is 12.3 Å². The van der Waals surface area contributed by atoms with Gasteiger partial charge in [0.15, 0.2) is 0 Å². The first-order valence-corrected chi connectivity index (χ1v) is 4.62. The second-order valence-corrected chi connectivity index (χ2v) is 2.83. The molecule has 5 heteroatoms. The van der Waals surface area contributed by atoms with Crippen LogP contribution in [-0.2, 0) is 4.74 Å². The second-order valence-electron chi connectivity index (χ2n) is 2.83. The molecule has 0 bridgehead atoms. The van der Waals surface area contributed by atoms with Crippen molar-refractivity contribution in [1.29, 1.82) is 0 Å². The summed E-state index contributed by atoms with van der Waals surface area (Å²) in [6, 6.07) is 4.85. The fourth-order valence-corrected chi connectivity index (χ4v) is 1.07. The van der Waals surface area contributed by atoms with Gasteiger partial charge in [0.1, 0.15) is 5.75 Å². The third-order valence-electron chi connectivity index (χ3n) is 1.80. The average molecular weight is 210 g/mol. The Morgan fingerprint density at radius 1 is 1.53 bits per heavy atom. The molecule has 1 amide bonds. The number of phenols is 1. The van der Waals surface area contributed by atoms with Gasteiger partial charge in [-0.15, -0.1) is 0 Å². The smallest absolute Gasteiger partial charge is 0.411 e. The van der Waals surface area contributed by atoms with Crippen LogP contribution in [0, 0.1) is 0 Å². The van der Waals surface area contributed by atoms with Crippen molar-refractivity contribution in [3.63, 3.8) is 0 Å². The van der Waals surface area contributed by atoms with E-state index in [1.165, 1.54) is 6.07 Å². The van der Waals surface area contributed by atoms with Crippen molar-refractivity contribution in [2.45, 2.75) is 6.92 Å². The maximum absolute atomic E-state index is 11.1. The summed E-state index contributed by atoms with van der Waals surface area (Å²) < 4.78 is 4.68. The quantitative estimate of drug-likeness (QED) is 0.667. The van der Waals surface area contributed by atoms with Crippen molar-refractivity contribution in [3.8, 4) is 5.75 Å². The number of amides is 1. The first-order valence-electron chi connectivity index (χ1n) is 4.62. The lowest BCUT2D eigenvalue weighted by atomic mass is 10.2. The third-order valence-corrected chi connectivity index (χ3v) is 1.80. The molecule has 0 atom stereocenters. The molecule has 15 heavy (non-hydrogen) atoms. The second kappa shape index (κ2) is 5.09. The topological polar surface area (TPSA) is 70.6 Å². The van der Waals surface area contributed by atoms with Crippen molar-refractivity contribution in [3.05, 3.63) is 18.2 Å². The molecule has 1 rings (SSSR count). The first kappa shape index (κ1) is 11.2. The molecule has 0 unspecified atom stereocenters. The van der Waals surface area contributed by atoms with Gasteiger partial charge in [-0.25, -0.2) is 4.79 Å². The van der Waals surface area contributed by atoms with Crippen LogP contribution in [0.25, 0.3) is 0 Å². The lowest BCUT2D eigenvalue weighted by Gasteiger charge is -2.08. The van der Waals surface area contributed by atoms with Gasteiger partial charge in [-0.2, -0.15) is 0 Å². The lowest BCUT2D eigenvalue weighted by Crippen LogP contribution is -2.13. The fourth-order valence-electron chi connectivity index (χ4n) is 1.07. The highest BCUT2D eigenvalue weighted by Gasteiger charge is 2.06. The molecule has 0 radical (unpaired) electrons. The largest absolute Gasteiger partial charge is 0.506 e. The average Bonchev–Trinajstić information content (AvgIpc) is 2.21. The van der Waals surface area contributed by atoms with E-state index >= 15 is 0 Å². The zero-order valence-corrected chi connectivity index (χ0v) is 8.70. The molecule has 0 aliphatic rings. The highest BCUT2D eigenvalue weighted by molar-refractivity contribution is 5.87. The van der Waals surface area contributed by atoms with Crippen LogP contribution < -0.4 is 10.6 Å². The van der Waals surface area contributed by atoms with E-state index in [2.05, 4.69) is 15.4 Å². The Balaban J connectivity index is 2.73. The molecule has 0 saturated heterocycles. The number of aromatic hydroxyl groups is 1. The SMILES string of the molecule is CCOC(=O)Nc1ccc(NC)cc1O. The predicted molar refractivity (Wildman–Crippen MR) is 58.3 cm³/mol. The predicted octanol–water partition coefficient (Wildman–Crippen LogP) is 2.00. The number of nitrogens with one attached hydrogen (secondary N) is 2. The summed E-state index contributed by atoms with van der Waals surface area (Å²) in [6.07, 6.45) is -0.579. The summed E-state index contributed by atoms with van der Waals surface area (Å²) in [5, 5.41) is 14.8. The van der Waals surface area contributed by atoms with Crippen LogP contribution in [0.3, 0.4) is 0 Å². The summed E-state index contributed by atoms with van der Waals surface area (Å²) in [4.78, 5) is 11.1. The molecule has 82 valence electrons.